The first kappa shape index (κ1) is 29.1. The summed E-state index contributed by atoms with van der Waals surface area (Å²) in [5.41, 5.74) is 7.73. The third-order valence-electron chi connectivity index (χ3n) is 8.00. The number of aromatic nitrogens is 1. The number of pyridine rings is 1. The van der Waals surface area contributed by atoms with E-state index < -0.39 is 5.60 Å². The van der Waals surface area contributed by atoms with Crippen molar-refractivity contribution in [1.82, 2.24) is 10.3 Å². The number of ether oxygens (including phenoxy) is 3. The molecular weight excluding hydrogens is 514 g/mol. The summed E-state index contributed by atoms with van der Waals surface area (Å²) in [6.07, 6.45) is 1.43. The largest absolute Gasteiger partial charge is 0.488 e. The molecule has 1 aromatic heterocycles. The molecule has 2 aliphatic heterocycles. The van der Waals surface area contributed by atoms with Gasteiger partial charge in [-0.25, -0.2) is 4.98 Å². The Morgan fingerprint density at radius 3 is 2.68 bits per heavy atom. The molecule has 2 aliphatic rings. The summed E-state index contributed by atoms with van der Waals surface area (Å²) in [6, 6.07) is 16.8. The molecule has 41 heavy (non-hydrogen) atoms. The molecular formula is C34H43N3O4. The Hall–Kier alpha value is -3.42. The van der Waals surface area contributed by atoms with Crippen molar-refractivity contribution in [3.05, 3.63) is 76.3 Å². The highest BCUT2D eigenvalue weighted by Crippen LogP contribution is 2.35. The first-order chi connectivity index (χ1) is 19.6. The highest BCUT2D eigenvalue weighted by molar-refractivity contribution is 5.74. The predicted octanol–water partition coefficient (Wildman–Crippen LogP) is 5.77. The number of esters is 1. The minimum atomic E-state index is -0.522. The number of rotatable bonds is 7. The van der Waals surface area contributed by atoms with Gasteiger partial charge in [-0.3, -0.25) is 4.79 Å². The van der Waals surface area contributed by atoms with E-state index in [-0.39, 0.29) is 18.0 Å². The Balaban J connectivity index is 1.34. The third-order valence-corrected chi connectivity index (χ3v) is 8.00. The number of anilines is 1. The highest BCUT2D eigenvalue weighted by Gasteiger charge is 2.37. The van der Waals surface area contributed by atoms with Crippen LogP contribution in [0.15, 0.2) is 48.5 Å². The molecule has 5 rings (SSSR count). The maximum atomic E-state index is 12.8. The van der Waals surface area contributed by atoms with E-state index in [0.29, 0.717) is 26.1 Å². The number of nitrogens with zero attached hydrogens (tertiary/aromatic N) is 2. The second-order valence-electron chi connectivity index (χ2n) is 12.2. The molecule has 0 unspecified atom stereocenters. The first-order valence-electron chi connectivity index (χ1n) is 14.7. The normalized spacial score (nSPS) is 19.0. The average Bonchev–Trinajstić information content (AvgIpc) is 2.95. The summed E-state index contributed by atoms with van der Waals surface area (Å²) in [7, 11) is 1.66. The first-order valence-corrected chi connectivity index (χ1v) is 14.7. The van der Waals surface area contributed by atoms with Crippen molar-refractivity contribution in [2.45, 2.75) is 72.3 Å². The summed E-state index contributed by atoms with van der Waals surface area (Å²) in [4.78, 5) is 20.1. The second kappa shape index (κ2) is 12.2. The van der Waals surface area contributed by atoms with Crippen LogP contribution in [0.1, 0.15) is 55.0 Å². The van der Waals surface area contributed by atoms with Crippen molar-refractivity contribution in [1.29, 1.82) is 0 Å². The van der Waals surface area contributed by atoms with Gasteiger partial charge in [0.2, 0.25) is 0 Å². The van der Waals surface area contributed by atoms with Gasteiger partial charge in [0.25, 0.3) is 0 Å². The van der Waals surface area contributed by atoms with Gasteiger partial charge in [0, 0.05) is 32.3 Å². The SMILES string of the molecule is CO[C@@H]1CN(c2cccc(-c3cccc(C)c3OCc3cc(C)c4c(c3)CCNC4)n2)CC[C@H]1C(=O)OC(C)(C)C. The molecule has 1 fully saturated rings. The van der Waals surface area contributed by atoms with Crippen LogP contribution in [0.4, 0.5) is 5.82 Å². The van der Waals surface area contributed by atoms with Crippen LogP contribution in [-0.4, -0.2) is 49.4 Å². The van der Waals surface area contributed by atoms with Gasteiger partial charge in [0.1, 0.15) is 23.8 Å². The third kappa shape index (κ3) is 6.74. The lowest BCUT2D eigenvalue weighted by Gasteiger charge is -2.38. The molecule has 0 bridgehead atoms. The molecule has 0 amide bonds. The number of piperidine rings is 1. The van der Waals surface area contributed by atoms with Gasteiger partial charge in [-0.05, 0) is 100 Å². The number of benzene rings is 2. The Morgan fingerprint density at radius 2 is 1.90 bits per heavy atom. The van der Waals surface area contributed by atoms with Crippen LogP contribution in [0.3, 0.4) is 0 Å². The Labute approximate surface area is 244 Å². The van der Waals surface area contributed by atoms with E-state index in [2.05, 4.69) is 54.4 Å². The minimum Gasteiger partial charge on any atom is -0.488 e. The zero-order chi connectivity index (χ0) is 29.1. The molecule has 0 saturated carbocycles. The summed E-state index contributed by atoms with van der Waals surface area (Å²) >= 11 is 0. The van der Waals surface area contributed by atoms with Gasteiger partial charge in [-0.2, -0.15) is 0 Å². The average molecular weight is 558 g/mol. The van der Waals surface area contributed by atoms with Crippen LogP contribution in [0.5, 0.6) is 5.75 Å². The summed E-state index contributed by atoms with van der Waals surface area (Å²) in [6.45, 7) is 13.7. The quantitative estimate of drug-likeness (QED) is 0.370. The molecule has 2 atom stereocenters. The van der Waals surface area contributed by atoms with Crippen LogP contribution >= 0.6 is 0 Å². The Kier molecular flexibility index (Phi) is 8.66. The number of carbonyl (C=O) groups excluding carboxylic acids is 1. The Bertz CT molecular complexity index is 1400. The molecule has 0 aliphatic carbocycles. The van der Waals surface area contributed by atoms with E-state index >= 15 is 0 Å². The molecule has 0 spiro atoms. The van der Waals surface area contributed by atoms with Gasteiger partial charge in [-0.15, -0.1) is 0 Å². The van der Waals surface area contributed by atoms with Gasteiger partial charge < -0.3 is 24.4 Å². The standard InChI is InChI=1S/C34H43N3O4/c1-22-9-7-10-26(32(22)40-21-24-17-23(2)28-19-35-15-13-25(28)18-24)29-11-8-12-31(36-29)37-16-14-27(30(20-37)39-6)33(38)41-34(3,4)5/h7-12,17-18,27,30,35H,13-16,19-21H2,1-6H3/t27-,30-/m1/s1. The lowest BCUT2D eigenvalue weighted by molar-refractivity contribution is -0.165. The number of carbonyl (C=O) groups is 1. The van der Waals surface area contributed by atoms with Gasteiger partial charge in [0.05, 0.1) is 17.7 Å². The van der Waals surface area contributed by atoms with Crippen molar-refractivity contribution in [2.24, 2.45) is 5.92 Å². The fraction of sp³-hybridized carbons (Fsp3) is 0.471. The molecule has 0 radical (unpaired) electrons. The smallest absolute Gasteiger partial charge is 0.312 e. The van der Waals surface area contributed by atoms with E-state index in [1.54, 1.807) is 7.11 Å². The molecule has 1 N–H and O–H groups in total. The molecule has 7 nitrogen and oxygen atoms in total. The predicted molar refractivity (Wildman–Crippen MR) is 162 cm³/mol. The Morgan fingerprint density at radius 1 is 1.10 bits per heavy atom. The molecule has 2 aromatic carbocycles. The van der Waals surface area contributed by atoms with E-state index in [4.69, 9.17) is 19.2 Å². The number of methoxy groups -OCH3 is 1. The lowest BCUT2D eigenvalue weighted by atomic mass is 9.93. The molecule has 218 valence electrons. The molecule has 7 heteroatoms. The van der Waals surface area contributed by atoms with E-state index in [1.165, 1.54) is 22.3 Å². The number of nitrogens with one attached hydrogen (secondary N) is 1. The maximum absolute atomic E-state index is 12.8. The molecule has 3 aromatic rings. The van der Waals surface area contributed by atoms with Gasteiger partial charge in [-0.1, -0.05) is 30.3 Å². The van der Waals surface area contributed by atoms with E-state index in [0.717, 1.165) is 47.9 Å². The summed E-state index contributed by atoms with van der Waals surface area (Å²) in [5, 5.41) is 3.47. The maximum Gasteiger partial charge on any atom is 0.312 e. The fourth-order valence-electron chi connectivity index (χ4n) is 5.93. The number of aryl methyl sites for hydroxylation is 2. The summed E-state index contributed by atoms with van der Waals surface area (Å²) < 4.78 is 17.9. The van der Waals surface area contributed by atoms with E-state index in [9.17, 15) is 4.79 Å². The van der Waals surface area contributed by atoms with Crippen LogP contribution in [0.25, 0.3) is 11.3 Å². The van der Waals surface area contributed by atoms with Crippen LogP contribution in [-0.2, 0) is 33.8 Å². The van der Waals surface area contributed by atoms with Crippen LogP contribution in [0.2, 0.25) is 0 Å². The van der Waals surface area contributed by atoms with Crippen molar-refractivity contribution < 1.29 is 19.0 Å². The van der Waals surface area contributed by atoms with Gasteiger partial charge >= 0.3 is 5.97 Å². The topological polar surface area (TPSA) is 72.9 Å². The van der Waals surface area contributed by atoms with Crippen molar-refractivity contribution in [3.63, 3.8) is 0 Å². The molecule has 1 saturated heterocycles. The van der Waals surface area contributed by atoms with Crippen LogP contribution in [0, 0.1) is 19.8 Å². The second-order valence-corrected chi connectivity index (χ2v) is 12.2. The van der Waals surface area contributed by atoms with Crippen molar-refractivity contribution >= 4 is 11.8 Å². The fourth-order valence-corrected chi connectivity index (χ4v) is 5.93. The monoisotopic (exact) mass is 557 g/mol. The summed E-state index contributed by atoms with van der Waals surface area (Å²) in [5.74, 6) is 1.23. The van der Waals surface area contributed by atoms with E-state index in [1.807, 2.05) is 39.0 Å². The number of hydrogen-bond acceptors (Lipinski definition) is 7. The zero-order valence-corrected chi connectivity index (χ0v) is 25.3. The minimum absolute atomic E-state index is 0.196. The number of fused-ring (bicyclic) bond motifs is 1. The van der Waals surface area contributed by atoms with Gasteiger partial charge in [0.15, 0.2) is 0 Å². The number of hydrogen-bond donors (Lipinski definition) is 1. The highest BCUT2D eigenvalue weighted by atomic mass is 16.6. The lowest BCUT2D eigenvalue weighted by Crippen LogP contribution is -2.49. The molecule has 3 heterocycles. The van der Waals surface area contributed by atoms with Crippen molar-refractivity contribution in [3.8, 4) is 17.0 Å². The number of para-hydroxylation sites is 1. The zero-order valence-electron chi connectivity index (χ0n) is 25.3. The van der Waals surface area contributed by atoms with Crippen molar-refractivity contribution in [2.75, 3.05) is 31.6 Å². The van der Waals surface area contributed by atoms with Crippen LogP contribution < -0.4 is 15.0 Å².